The number of halogens is 1. The van der Waals surface area contributed by atoms with Crippen molar-refractivity contribution >= 4 is 17.8 Å². The molecule has 1 aliphatic rings. The van der Waals surface area contributed by atoms with Gasteiger partial charge in [-0.05, 0) is 24.6 Å². The molecule has 1 unspecified atom stereocenters. The molecule has 6 nitrogen and oxygen atoms in total. The van der Waals surface area contributed by atoms with E-state index in [1.54, 1.807) is 11.8 Å². The summed E-state index contributed by atoms with van der Waals surface area (Å²) in [5.41, 5.74) is 0.0936. The molecule has 1 atom stereocenters. The van der Waals surface area contributed by atoms with Gasteiger partial charge in [0.15, 0.2) is 0 Å². The lowest BCUT2D eigenvalue weighted by Crippen LogP contribution is -2.56. The monoisotopic (exact) mass is 280 g/mol. The fraction of sp³-hybridized carbons (Fsp3) is 0.308. The van der Waals surface area contributed by atoms with Gasteiger partial charge in [0, 0.05) is 6.54 Å². The zero-order chi connectivity index (χ0) is 14.9. The van der Waals surface area contributed by atoms with Gasteiger partial charge in [-0.25, -0.2) is 9.18 Å². The third-order valence-corrected chi connectivity index (χ3v) is 3.19. The second kappa shape index (κ2) is 5.38. The largest absolute Gasteiger partial charge is 0.478 e. The summed E-state index contributed by atoms with van der Waals surface area (Å²) in [6, 6.07) is 3.24. The van der Waals surface area contributed by atoms with E-state index in [9.17, 15) is 18.8 Å². The number of imide groups is 1. The van der Waals surface area contributed by atoms with Crippen LogP contribution in [-0.4, -0.2) is 40.4 Å². The van der Waals surface area contributed by atoms with E-state index in [4.69, 9.17) is 5.11 Å². The van der Waals surface area contributed by atoms with Gasteiger partial charge in [-0.15, -0.1) is 0 Å². The van der Waals surface area contributed by atoms with Crippen molar-refractivity contribution in [1.82, 2.24) is 10.2 Å². The Balaban J connectivity index is 2.17. The van der Waals surface area contributed by atoms with Crippen LogP contribution < -0.4 is 5.32 Å². The molecule has 1 aromatic carbocycles. The molecule has 1 saturated heterocycles. The average molecular weight is 280 g/mol. The number of benzene rings is 1. The molecule has 2 amide bonds. The van der Waals surface area contributed by atoms with Crippen molar-refractivity contribution in [2.45, 2.75) is 19.5 Å². The van der Waals surface area contributed by atoms with Gasteiger partial charge in [-0.1, -0.05) is 6.07 Å². The zero-order valence-electron chi connectivity index (χ0n) is 10.7. The van der Waals surface area contributed by atoms with Gasteiger partial charge in [0.25, 0.3) is 0 Å². The highest BCUT2D eigenvalue weighted by atomic mass is 19.1. The molecule has 0 aliphatic carbocycles. The second-order valence-electron chi connectivity index (χ2n) is 4.61. The third-order valence-electron chi connectivity index (χ3n) is 3.19. The molecule has 1 fully saturated rings. The van der Waals surface area contributed by atoms with Crippen molar-refractivity contribution in [3.63, 3.8) is 0 Å². The summed E-state index contributed by atoms with van der Waals surface area (Å²) in [5.74, 6) is -2.98. The van der Waals surface area contributed by atoms with E-state index < -0.39 is 35.2 Å². The smallest absolute Gasteiger partial charge is 0.338 e. The van der Waals surface area contributed by atoms with E-state index in [-0.39, 0.29) is 13.1 Å². The van der Waals surface area contributed by atoms with Crippen LogP contribution in [0.3, 0.4) is 0 Å². The highest BCUT2D eigenvalue weighted by Gasteiger charge is 2.30. The van der Waals surface area contributed by atoms with E-state index in [0.717, 1.165) is 6.07 Å². The van der Waals surface area contributed by atoms with Crippen LogP contribution in [0.4, 0.5) is 4.39 Å². The van der Waals surface area contributed by atoms with Gasteiger partial charge >= 0.3 is 5.97 Å². The molecule has 0 bridgehead atoms. The maximum atomic E-state index is 13.6. The molecule has 0 saturated carbocycles. The molecule has 1 aromatic rings. The number of carbonyl (C=O) groups excluding carboxylic acids is 2. The third kappa shape index (κ3) is 2.83. The van der Waals surface area contributed by atoms with Crippen LogP contribution in [0.15, 0.2) is 18.2 Å². The molecule has 2 rings (SSSR count). The molecule has 0 spiro atoms. The minimum atomic E-state index is -1.34. The number of aromatic carboxylic acids is 1. The van der Waals surface area contributed by atoms with Gasteiger partial charge in [-0.3, -0.25) is 19.8 Å². The lowest BCUT2D eigenvalue weighted by molar-refractivity contribution is -0.139. The molecular weight excluding hydrogens is 267 g/mol. The number of piperazine rings is 1. The number of nitrogens with one attached hydrogen (secondary N) is 1. The van der Waals surface area contributed by atoms with E-state index >= 15 is 0 Å². The number of carbonyl (C=O) groups is 3. The quantitative estimate of drug-likeness (QED) is 0.781. The summed E-state index contributed by atoms with van der Waals surface area (Å²) < 4.78 is 13.6. The highest BCUT2D eigenvalue weighted by Crippen LogP contribution is 2.15. The molecule has 7 heteroatoms. The Morgan fingerprint density at radius 3 is 2.80 bits per heavy atom. The fourth-order valence-electron chi connectivity index (χ4n) is 2.03. The van der Waals surface area contributed by atoms with Crippen molar-refractivity contribution in [3.8, 4) is 0 Å². The summed E-state index contributed by atoms with van der Waals surface area (Å²) in [6.07, 6.45) is 0. The van der Waals surface area contributed by atoms with Gasteiger partial charge in [-0.2, -0.15) is 0 Å². The van der Waals surface area contributed by atoms with E-state index in [0.29, 0.717) is 5.56 Å². The maximum Gasteiger partial charge on any atom is 0.338 e. The Bertz CT molecular complexity index is 588. The Labute approximate surface area is 114 Å². The van der Waals surface area contributed by atoms with Crippen molar-refractivity contribution in [2.75, 3.05) is 6.54 Å². The van der Waals surface area contributed by atoms with Crippen molar-refractivity contribution in [2.24, 2.45) is 0 Å². The molecule has 20 heavy (non-hydrogen) atoms. The van der Waals surface area contributed by atoms with Crippen LogP contribution >= 0.6 is 0 Å². The number of nitrogens with zero attached hydrogens (tertiary/aromatic N) is 1. The summed E-state index contributed by atoms with van der Waals surface area (Å²) in [7, 11) is 0. The van der Waals surface area contributed by atoms with Crippen LogP contribution in [0.2, 0.25) is 0 Å². The minimum Gasteiger partial charge on any atom is -0.478 e. The number of hydrogen-bond acceptors (Lipinski definition) is 4. The summed E-state index contributed by atoms with van der Waals surface area (Å²) in [6.45, 7) is 1.87. The predicted octanol–water partition coefficient (Wildman–Crippen LogP) is 0.371. The van der Waals surface area contributed by atoms with Crippen LogP contribution in [-0.2, 0) is 16.1 Å². The van der Waals surface area contributed by atoms with E-state index in [1.807, 2.05) is 0 Å². The van der Waals surface area contributed by atoms with Crippen LogP contribution in [0.5, 0.6) is 0 Å². The van der Waals surface area contributed by atoms with Crippen molar-refractivity contribution in [3.05, 3.63) is 35.1 Å². The van der Waals surface area contributed by atoms with Crippen LogP contribution in [0, 0.1) is 5.82 Å². The van der Waals surface area contributed by atoms with Gasteiger partial charge in [0.05, 0.1) is 18.2 Å². The first-order valence-electron chi connectivity index (χ1n) is 5.98. The first-order chi connectivity index (χ1) is 9.38. The Morgan fingerprint density at radius 1 is 1.50 bits per heavy atom. The average Bonchev–Trinajstić information content (AvgIpc) is 2.35. The lowest BCUT2D eigenvalue weighted by Gasteiger charge is -2.31. The molecule has 106 valence electrons. The minimum absolute atomic E-state index is 0.0369. The highest BCUT2D eigenvalue weighted by molar-refractivity contribution is 6.00. The number of carboxylic acid groups (broad SMARTS) is 1. The van der Waals surface area contributed by atoms with Crippen molar-refractivity contribution in [1.29, 1.82) is 0 Å². The molecule has 2 N–H and O–H groups in total. The molecule has 0 aromatic heterocycles. The van der Waals surface area contributed by atoms with E-state index in [1.165, 1.54) is 12.1 Å². The number of hydrogen-bond donors (Lipinski definition) is 2. The molecule has 1 aliphatic heterocycles. The fourth-order valence-corrected chi connectivity index (χ4v) is 2.03. The van der Waals surface area contributed by atoms with E-state index in [2.05, 4.69) is 5.32 Å². The summed E-state index contributed by atoms with van der Waals surface area (Å²) >= 11 is 0. The SMILES string of the molecule is CC1C(=O)NC(=O)CN1Cc1ccc(C(=O)O)c(F)c1. The summed E-state index contributed by atoms with van der Waals surface area (Å²) in [4.78, 5) is 35.1. The molecule has 0 radical (unpaired) electrons. The second-order valence-corrected chi connectivity index (χ2v) is 4.61. The first kappa shape index (κ1) is 14.1. The van der Waals surface area contributed by atoms with Gasteiger partial charge in [0.1, 0.15) is 5.82 Å². The normalized spacial score (nSPS) is 19.8. The predicted molar refractivity (Wildman–Crippen MR) is 66.4 cm³/mol. The van der Waals surface area contributed by atoms with Crippen LogP contribution in [0.1, 0.15) is 22.8 Å². The Kier molecular flexibility index (Phi) is 3.80. The Morgan fingerprint density at radius 2 is 2.20 bits per heavy atom. The number of amides is 2. The summed E-state index contributed by atoms with van der Waals surface area (Å²) in [5, 5.41) is 11.0. The van der Waals surface area contributed by atoms with Crippen LogP contribution in [0.25, 0.3) is 0 Å². The Hall–Kier alpha value is -2.28. The standard InChI is InChI=1S/C13H13FN2O4/c1-7-12(18)15-11(17)6-16(7)5-8-2-3-9(13(19)20)10(14)4-8/h2-4,7H,5-6H2,1H3,(H,19,20)(H,15,17,18). The maximum absolute atomic E-state index is 13.6. The zero-order valence-corrected chi connectivity index (χ0v) is 10.7. The number of rotatable bonds is 3. The number of carboxylic acids is 1. The van der Waals surface area contributed by atoms with Gasteiger partial charge < -0.3 is 5.11 Å². The topological polar surface area (TPSA) is 86.7 Å². The van der Waals surface area contributed by atoms with Crippen molar-refractivity contribution < 1.29 is 23.9 Å². The van der Waals surface area contributed by atoms with Gasteiger partial charge in [0.2, 0.25) is 11.8 Å². The molecular formula is C13H13FN2O4. The molecule has 1 heterocycles. The first-order valence-corrected chi connectivity index (χ1v) is 5.98. The lowest BCUT2D eigenvalue weighted by atomic mass is 10.1.